The Bertz CT molecular complexity index is 652. The Labute approximate surface area is 141 Å². The van der Waals surface area contributed by atoms with Gasteiger partial charge < -0.3 is 15.0 Å². The van der Waals surface area contributed by atoms with Gasteiger partial charge in [0.15, 0.2) is 0 Å². The van der Waals surface area contributed by atoms with Crippen LogP contribution in [-0.4, -0.2) is 42.9 Å². The van der Waals surface area contributed by atoms with Gasteiger partial charge in [-0.1, -0.05) is 6.07 Å². The number of amides is 2. The van der Waals surface area contributed by atoms with Crippen molar-refractivity contribution in [3.8, 4) is 0 Å². The lowest BCUT2D eigenvalue weighted by molar-refractivity contribution is -0.134. The molecule has 128 valence electrons. The molecule has 2 amide bonds. The first kappa shape index (κ1) is 16.5. The summed E-state index contributed by atoms with van der Waals surface area (Å²) in [5.74, 6) is -0.950. The molecule has 1 aromatic carbocycles. The van der Waals surface area contributed by atoms with Crippen molar-refractivity contribution in [2.24, 2.45) is 11.8 Å². The first-order valence-corrected chi connectivity index (χ1v) is 8.38. The van der Waals surface area contributed by atoms with Gasteiger partial charge in [0.25, 0.3) is 0 Å². The number of carbonyl (C=O) groups is 3. The molecule has 1 saturated heterocycles. The van der Waals surface area contributed by atoms with Crippen LogP contribution < -0.4 is 5.32 Å². The number of rotatable bonds is 4. The van der Waals surface area contributed by atoms with Crippen molar-refractivity contribution in [3.63, 3.8) is 0 Å². The first-order valence-electron chi connectivity index (χ1n) is 8.38. The van der Waals surface area contributed by atoms with Gasteiger partial charge in [-0.2, -0.15) is 0 Å². The van der Waals surface area contributed by atoms with Crippen molar-refractivity contribution in [3.05, 3.63) is 29.8 Å². The summed E-state index contributed by atoms with van der Waals surface area (Å²) in [5, 5.41) is 2.79. The molecule has 1 heterocycles. The summed E-state index contributed by atoms with van der Waals surface area (Å²) in [6, 6.07) is 6.61. The molecule has 0 spiro atoms. The number of methoxy groups -OCH3 is 1. The third-order valence-corrected chi connectivity index (χ3v) is 4.66. The van der Waals surface area contributed by atoms with Crippen LogP contribution in [0.15, 0.2) is 24.3 Å². The van der Waals surface area contributed by atoms with Gasteiger partial charge in [-0.25, -0.2) is 4.79 Å². The molecule has 0 bridgehead atoms. The molecule has 0 aromatic heterocycles. The lowest BCUT2D eigenvalue weighted by Crippen LogP contribution is -2.37. The van der Waals surface area contributed by atoms with Crippen molar-refractivity contribution in [2.75, 3.05) is 25.5 Å². The Kier molecular flexibility index (Phi) is 4.83. The van der Waals surface area contributed by atoms with E-state index in [9.17, 15) is 14.4 Å². The molecule has 6 heteroatoms. The molecule has 2 fully saturated rings. The van der Waals surface area contributed by atoms with Gasteiger partial charge in [0.2, 0.25) is 11.8 Å². The Morgan fingerprint density at radius 2 is 1.88 bits per heavy atom. The topological polar surface area (TPSA) is 75.7 Å². The van der Waals surface area contributed by atoms with Crippen LogP contribution in [0.5, 0.6) is 0 Å². The fourth-order valence-corrected chi connectivity index (χ4v) is 3.18. The second-order valence-electron chi connectivity index (χ2n) is 6.40. The molecule has 2 atom stereocenters. The van der Waals surface area contributed by atoms with Crippen molar-refractivity contribution < 1.29 is 19.1 Å². The van der Waals surface area contributed by atoms with E-state index in [4.69, 9.17) is 0 Å². The van der Waals surface area contributed by atoms with Gasteiger partial charge in [0, 0.05) is 18.8 Å². The summed E-state index contributed by atoms with van der Waals surface area (Å²) in [5.41, 5.74) is 0.922. The van der Waals surface area contributed by atoms with Crippen molar-refractivity contribution >= 4 is 23.5 Å². The number of hydrogen-bond acceptors (Lipinski definition) is 4. The van der Waals surface area contributed by atoms with E-state index >= 15 is 0 Å². The van der Waals surface area contributed by atoms with Crippen molar-refractivity contribution in [1.82, 2.24) is 4.90 Å². The number of hydrogen-bond donors (Lipinski definition) is 1. The molecule has 2 unspecified atom stereocenters. The van der Waals surface area contributed by atoms with Crippen LogP contribution in [-0.2, 0) is 14.3 Å². The number of benzene rings is 1. The smallest absolute Gasteiger partial charge is 0.337 e. The largest absolute Gasteiger partial charge is 0.465 e. The number of esters is 1. The number of likely N-dealkylation sites (tertiary alicyclic amines) is 1. The molecular weight excluding hydrogens is 308 g/mol. The Hall–Kier alpha value is -2.37. The molecule has 24 heavy (non-hydrogen) atoms. The van der Waals surface area contributed by atoms with E-state index in [2.05, 4.69) is 10.1 Å². The van der Waals surface area contributed by atoms with Crippen LogP contribution >= 0.6 is 0 Å². The number of nitrogens with one attached hydrogen (secondary N) is 1. The van der Waals surface area contributed by atoms with Crippen molar-refractivity contribution in [2.45, 2.75) is 25.7 Å². The zero-order chi connectivity index (χ0) is 17.1. The molecule has 1 N–H and O–H groups in total. The van der Waals surface area contributed by atoms with Gasteiger partial charge >= 0.3 is 5.97 Å². The molecule has 0 radical (unpaired) electrons. The quantitative estimate of drug-likeness (QED) is 0.858. The predicted octanol–water partition coefficient (Wildman–Crippen LogP) is 2.06. The SMILES string of the molecule is COC(=O)c1cccc(NC(=O)C2CC2C(=O)N2CCCCC2)c1. The van der Waals surface area contributed by atoms with Gasteiger partial charge in [-0.05, 0) is 43.9 Å². The third-order valence-electron chi connectivity index (χ3n) is 4.66. The lowest BCUT2D eigenvalue weighted by Gasteiger charge is -2.26. The number of nitrogens with zero attached hydrogens (tertiary/aromatic N) is 1. The highest BCUT2D eigenvalue weighted by Gasteiger charge is 2.49. The molecular formula is C18H22N2O4. The Morgan fingerprint density at radius 3 is 2.58 bits per heavy atom. The minimum absolute atomic E-state index is 0.109. The molecule has 1 aromatic rings. The minimum Gasteiger partial charge on any atom is -0.465 e. The first-order chi connectivity index (χ1) is 11.6. The summed E-state index contributed by atoms with van der Waals surface area (Å²) in [4.78, 5) is 38.1. The zero-order valence-electron chi connectivity index (χ0n) is 13.8. The lowest BCUT2D eigenvalue weighted by atomic mass is 10.1. The average molecular weight is 330 g/mol. The molecule has 1 saturated carbocycles. The van der Waals surface area contributed by atoms with Gasteiger partial charge in [0.05, 0.1) is 24.5 Å². The maximum absolute atomic E-state index is 12.4. The van der Waals surface area contributed by atoms with Gasteiger partial charge in [0.1, 0.15) is 0 Å². The molecule has 3 rings (SSSR count). The van der Waals surface area contributed by atoms with E-state index in [1.165, 1.54) is 13.5 Å². The highest BCUT2D eigenvalue weighted by atomic mass is 16.5. The molecule has 2 aliphatic rings. The third kappa shape index (κ3) is 3.58. The minimum atomic E-state index is -0.448. The maximum Gasteiger partial charge on any atom is 0.337 e. The van der Waals surface area contributed by atoms with Crippen LogP contribution in [0, 0.1) is 11.8 Å². The summed E-state index contributed by atoms with van der Waals surface area (Å²) >= 11 is 0. The van der Waals surface area contributed by atoms with Gasteiger partial charge in [-0.3, -0.25) is 9.59 Å². The standard InChI is InChI=1S/C18H22N2O4/c1-24-18(23)12-6-5-7-13(10-12)19-16(21)14-11-15(14)17(22)20-8-3-2-4-9-20/h5-7,10,14-15H,2-4,8-9,11H2,1H3,(H,19,21). The van der Waals surface area contributed by atoms with E-state index in [1.54, 1.807) is 24.3 Å². The fraction of sp³-hybridized carbons (Fsp3) is 0.500. The van der Waals surface area contributed by atoms with E-state index in [1.807, 2.05) is 4.90 Å². The van der Waals surface area contributed by atoms with E-state index < -0.39 is 5.97 Å². The second kappa shape index (κ2) is 7.03. The van der Waals surface area contributed by atoms with E-state index in [0.717, 1.165) is 25.9 Å². The van der Waals surface area contributed by atoms with Crippen LogP contribution in [0.1, 0.15) is 36.0 Å². The highest BCUT2D eigenvalue weighted by Crippen LogP contribution is 2.41. The second-order valence-corrected chi connectivity index (χ2v) is 6.40. The summed E-state index contributed by atoms with van der Waals surface area (Å²) in [6.45, 7) is 1.62. The average Bonchev–Trinajstić information content (AvgIpc) is 3.42. The highest BCUT2D eigenvalue weighted by molar-refractivity contribution is 6.00. The number of ether oxygens (including phenoxy) is 1. The van der Waals surface area contributed by atoms with Gasteiger partial charge in [-0.15, -0.1) is 0 Å². The monoisotopic (exact) mass is 330 g/mol. The van der Waals surface area contributed by atoms with E-state index in [0.29, 0.717) is 17.7 Å². The fourth-order valence-electron chi connectivity index (χ4n) is 3.18. The Balaban J connectivity index is 1.57. The predicted molar refractivity (Wildman–Crippen MR) is 88.4 cm³/mol. The summed E-state index contributed by atoms with van der Waals surface area (Å²) in [7, 11) is 1.31. The zero-order valence-corrected chi connectivity index (χ0v) is 13.8. The van der Waals surface area contributed by atoms with E-state index in [-0.39, 0.29) is 23.7 Å². The maximum atomic E-state index is 12.4. The van der Waals surface area contributed by atoms with Crippen LogP contribution in [0.3, 0.4) is 0 Å². The Morgan fingerprint density at radius 1 is 1.12 bits per heavy atom. The van der Waals surface area contributed by atoms with Crippen LogP contribution in [0.25, 0.3) is 0 Å². The number of piperidine rings is 1. The number of carbonyl (C=O) groups excluding carboxylic acids is 3. The summed E-state index contributed by atoms with van der Waals surface area (Å²) in [6.07, 6.45) is 3.89. The number of anilines is 1. The molecule has 6 nitrogen and oxygen atoms in total. The summed E-state index contributed by atoms with van der Waals surface area (Å²) < 4.78 is 4.67. The molecule has 1 aliphatic heterocycles. The normalized spacial score (nSPS) is 22.6. The van der Waals surface area contributed by atoms with Crippen LogP contribution in [0.2, 0.25) is 0 Å². The van der Waals surface area contributed by atoms with Crippen LogP contribution in [0.4, 0.5) is 5.69 Å². The molecule has 1 aliphatic carbocycles. The van der Waals surface area contributed by atoms with Crippen molar-refractivity contribution in [1.29, 1.82) is 0 Å².